The summed E-state index contributed by atoms with van der Waals surface area (Å²) in [6, 6.07) is 5.71. The van der Waals surface area contributed by atoms with E-state index in [1.165, 1.54) is 12.8 Å². The summed E-state index contributed by atoms with van der Waals surface area (Å²) < 4.78 is 5.18. The summed E-state index contributed by atoms with van der Waals surface area (Å²) in [4.78, 5) is 12.2. The molecule has 1 unspecified atom stereocenters. The van der Waals surface area contributed by atoms with Crippen LogP contribution < -0.4 is 15.4 Å². The second-order valence-electron chi connectivity index (χ2n) is 6.00. The van der Waals surface area contributed by atoms with E-state index in [-0.39, 0.29) is 18.3 Å². The van der Waals surface area contributed by atoms with E-state index in [4.69, 9.17) is 4.74 Å². The molecule has 1 aromatic rings. The summed E-state index contributed by atoms with van der Waals surface area (Å²) in [6.45, 7) is 6.33. The van der Waals surface area contributed by atoms with Gasteiger partial charge in [-0.3, -0.25) is 4.79 Å². The first-order valence-corrected chi connectivity index (χ1v) is 7.75. The molecule has 1 aliphatic heterocycles. The predicted molar refractivity (Wildman–Crippen MR) is 93.0 cm³/mol. The average Bonchev–Trinajstić information content (AvgIpc) is 2.50. The Morgan fingerprint density at radius 2 is 2.09 bits per heavy atom. The van der Waals surface area contributed by atoms with E-state index >= 15 is 0 Å². The Morgan fingerprint density at radius 3 is 2.68 bits per heavy atom. The largest absolute Gasteiger partial charge is 0.497 e. The van der Waals surface area contributed by atoms with Crippen LogP contribution in [0.2, 0.25) is 0 Å². The lowest BCUT2D eigenvalue weighted by Crippen LogP contribution is -2.32. The van der Waals surface area contributed by atoms with Gasteiger partial charge < -0.3 is 15.4 Å². The zero-order valence-electron chi connectivity index (χ0n) is 13.6. The molecule has 1 atom stereocenters. The predicted octanol–water partition coefficient (Wildman–Crippen LogP) is 3.39. The normalized spacial score (nSPS) is 16.5. The molecule has 1 aliphatic rings. The van der Waals surface area contributed by atoms with Gasteiger partial charge in [-0.2, -0.15) is 0 Å². The van der Waals surface area contributed by atoms with Crippen LogP contribution in [0, 0.1) is 18.8 Å². The third-order valence-corrected chi connectivity index (χ3v) is 4.40. The molecule has 0 radical (unpaired) electrons. The van der Waals surface area contributed by atoms with Gasteiger partial charge in [-0.1, -0.05) is 6.92 Å². The van der Waals surface area contributed by atoms with Crippen LogP contribution in [0.25, 0.3) is 0 Å². The Hall–Kier alpha value is -1.26. The van der Waals surface area contributed by atoms with Crippen molar-refractivity contribution in [3.8, 4) is 5.75 Å². The third kappa shape index (κ3) is 5.18. The number of nitrogens with one attached hydrogen (secondary N) is 2. The molecule has 1 heterocycles. The number of amides is 1. The van der Waals surface area contributed by atoms with E-state index in [0.29, 0.717) is 18.3 Å². The van der Waals surface area contributed by atoms with Crippen molar-refractivity contribution < 1.29 is 9.53 Å². The molecule has 4 nitrogen and oxygen atoms in total. The van der Waals surface area contributed by atoms with Crippen LogP contribution in [0.4, 0.5) is 5.69 Å². The molecule has 1 aromatic carbocycles. The highest BCUT2D eigenvalue weighted by atomic mass is 35.5. The van der Waals surface area contributed by atoms with Gasteiger partial charge in [0.2, 0.25) is 5.91 Å². The summed E-state index contributed by atoms with van der Waals surface area (Å²) in [6.07, 6.45) is 2.95. The monoisotopic (exact) mass is 326 g/mol. The van der Waals surface area contributed by atoms with Gasteiger partial charge in [0.15, 0.2) is 0 Å². The molecular weight excluding hydrogens is 300 g/mol. The van der Waals surface area contributed by atoms with E-state index < -0.39 is 0 Å². The average molecular weight is 327 g/mol. The fraction of sp³-hybridized carbons (Fsp3) is 0.588. The first kappa shape index (κ1) is 18.8. The summed E-state index contributed by atoms with van der Waals surface area (Å²) in [5.41, 5.74) is 1.90. The van der Waals surface area contributed by atoms with Crippen LogP contribution in [0.3, 0.4) is 0 Å². The number of ether oxygens (including phenoxy) is 1. The lowest BCUT2D eigenvalue weighted by Gasteiger charge is -2.28. The highest BCUT2D eigenvalue weighted by Gasteiger charge is 2.22. The maximum Gasteiger partial charge on any atom is 0.224 e. The Morgan fingerprint density at radius 1 is 1.41 bits per heavy atom. The number of carbonyl (C=O) groups excluding carboxylic acids is 1. The fourth-order valence-corrected chi connectivity index (χ4v) is 2.98. The quantitative estimate of drug-likeness (QED) is 0.872. The second-order valence-corrected chi connectivity index (χ2v) is 6.00. The first-order chi connectivity index (χ1) is 10.1. The Balaban J connectivity index is 0.00000242. The molecule has 22 heavy (non-hydrogen) atoms. The van der Waals surface area contributed by atoms with Gasteiger partial charge in [-0.05, 0) is 68.5 Å². The lowest BCUT2D eigenvalue weighted by atomic mass is 9.84. The lowest BCUT2D eigenvalue weighted by molar-refractivity contribution is -0.117. The van der Waals surface area contributed by atoms with E-state index in [1.807, 2.05) is 25.1 Å². The second kappa shape index (κ2) is 9.01. The molecule has 0 spiro atoms. The van der Waals surface area contributed by atoms with E-state index in [1.54, 1.807) is 7.11 Å². The number of methoxy groups -OCH3 is 1. The molecule has 124 valence electrons. The first-order valence-electron chi connectivity index (χ1n) is 7.75. The van der Waals surface area contributed by atoms with Gasteiger partial charge in [-0.25, -0.2) is 0 Å². The molecule has 2 rings (SSSR count). The zero-order chi connectivity index (χ0) is 15.2. The van der Waals surface area contributed by atoms with Gasteiger partial charge in [0.05, 0.1) is 7.11 Å². The number of hydrogen-bond donors (Lipinski definition) is 2. The summed E-state index contributed by atoms with van der Waals surface area (Å²) >= 11 is 0. The SMILES string of the molecule is COc1ccc(NC(=O)CC(C)C2CCNCC2)c(C)c1.Cl. The van der Waals surface area contributed by atoms with Crippen LogP contribution in [0.5, 0.6) is 5.75 Å². The van der Waals surface area contributed by atoms with Crippen LogP contribution in [-0.2, 0) is 4.79 Å². The van der Waals surface area contributed by atoms with E-state index in [9.17, 15) is 4.79 Å². The zero-order valence-corrected chi connectivity index (χ0v) is 14.5. The molecular formula is C17H27ClN2O2. The third-order valence-electron chi connectivity index (χ3n) is 4.40. The maximum absolute atomic E-state index is 12.2. The van der Waals surface area contributed by atoms with Crippen LogP contribution >= 0.6 is 12.4 Å². The Bertz CT molecular complexity index is 488. The van der Waals surface area contributed by atoms with Crippen molar-refractivity contribution in [1.82, 2.24) is 5.32 Å². The number of anilines is 1. The molecule has 0 aliphatic carbocycles. The molecule has 1 saturated heterocycles. The number of benzene rings is 1. The van der Waals surface area contributed by atoms with Crippen molar-refractivity contribution in [2.75, 3.05) is 25.5 Å². The molecule has 0 aromatic heterocycles. The number of aryl methyl sites for hydroxylation is 1. The van der Waals surface area contributed by atoms with Gasteiger partial charge in [-0.15, -0.1) is 12.4 Å². The van der Waals surface area contributed by atoms with Gasteiger partial charge in [0, 0.05) is 12.1 Å². The minimum Gasteiger partial charge on any atom is -0.497 e. The minimum absolute atomic E-state index is 0. The van der Waals surface area contributed by atoms with Crippen molar-refractivity contribution in [2.45, 2.75) is 33.1 Å². The number of hydrogen-bond acceptors (Lipinski definition) is 3. The van der Waals surface area contributed by atoms with Gasteiger partial charge >= 0.3 is 0 Å². The maximum atomic E-state index is 12.2. The number of carbonyl (C=O) groups is 1. The molecule has 0 bridgehead atoms. The van der Waals surface area contributed by atoms with E-state index in [0.717, 1.165) is 30.1 Å². The Kier molecular flexibility index (Phi) is 7.69. The molecule has 1 amide bonds. The van der Waals surface area contributed by atoms with Crippen LogP contribution in [0.15, 0.2) is 18.2 Å². The van der Waals surface area contributed by atoms with Crippen molar-refractivity contribution in [3.63, 3.8) is 0 Å². The van der Waals surface area contributed by atoms with Gasteiger partial charge in [0.1, 0.15) is 5.75 Å². The summed E-state index contributed by atoms with van der Waals surface area (Å²) in [7, 11) is 1.65. The smallest absolute Gasteiger partial charge is 0.224 e. The highest BCUT2D eigenvalue weighted by molar-refractivity contribution is 5.91. The van der Waals surface area contributed by atoms with Crippen molar-refractivity contribution in [2.24, 2.45) is 11.8 Å². The Labute approximate surface area is 139 Å². The van der Waals surface area contributed by atoms with Crippen LogP contribution in [0.1, 0.15) is 31.7 Å². The molecule has 1 fully saturated rings. The number of rotatable bonds is 5. The summed E-state index contributed by atoms with van der Waals surface area (Å²) in [5, 5.41) is 6.39. The number of piperidine rings is 1. The minimum atomic E-state index is 0. The van der Waals surface area contributed by atoms with Crippen molar-refractivity contribution >= 4 is 24.0 Å². The fourth-order valence-electron chi connectivity index (χ4n) is 2.98. The van der Waals surface area contributed by atoms with Crippen LogP contribution in [-0.4, -0.2) is 26.1 Å². The van der Waals surface area contributed by atoms with E-state index in [2.05, 4.69) is 17.6 Å². The number of halogens is 1. The van der Waals surface area contributed by atoms with Crippen molar-refractivity contribution in [3.05, 3.63) is 23.8 Å². The molecule has 5 heteroatoms. The van der Waals surface area contributed by atoms with Crippen molar-refractivity contribution in [1.29, 1.82) is 0 Å². The molecule has 2 N–H and O–H groups in total. The highest BCUT2D eigenvalue weighted by Crippen LogP contribution is 2.26. The standard InChI is InChI=1S/C17H26N2O2.ClH/c1-12(14-6-8-18-9-7-14)11-17(20)19-16-5-4-15(21-3)10-13(16)2;/h4-5,10,12,14,18H,6-9,11H2,1-3H3,(H,19,20);1H. The van der Waals surface area contributed by atoms with Gasteiger partial charge in [0.25, 0.3) is 0 Å². The topological polar surface area (TPSA) is 50.4 Å². The molecule has 0 saturated carbocycles. The summed E-state index contributed by atoms with van der Waals surface area (Å²) in [5.74, 6) is 2.02.